The van der Waals surface area contributed by atoms with E-state index in [1.54, 1.807) is 4.90 Å². The molecule has 0 aliphatic carbocycles. The number of ether oxygens (including phenoxy) is 1. The highest BCUT2D eigenvalue weighted by molar-refractivity contribution is 6.76. The van der Waals surface area contributed by atoms with Gasteiger partial charge in [-0.15, -0.1) is 0 Å². The lowest BCUT2D eigenvalue weighted by Crippen LogP contribution is -2.32. The number of hydrogen-bond donors (Lipinski definition) is 1. The van der Waals surface area contributed by atoms with Crippen molar-refractivity contribution in [2.45, 2.75) is 32.4 Å². The molecule has 2 saturated heterocycles. The monoisotopic (exact) mass is 480 g/mol. The Morgan fingerprint density at radius 1 is 1.15 bits per heavy atom. The first-order valence-electron chi connectivity index (χ1n) is 11.8. The molecule has 5 heterocycles. The SMILES string of the molecule is C[Si](C)(C)CCOCn1cc(-c2cncnc2)c2c(N3CC4CN(C(=O)O)CC4C3)ccnc21. The predicted octanol–water partition coefficient (Wildman–Crippen LogP) is 3.85. The number of nitrogens with zero attached hydrogens (tertiary/aromatic N) is 6. The zero-order valence-corrected chi connectivity index (χ0v) is 21.0. The number of rotatable bonds is 7. The van der Waals surface area contributed by atoms with Crippen molar-refractivity contribution in [1.29, 1.82) is 0 Å². The largest absolute Gasteiger partial charge is 0.465 e. The van der Waals surface area contributed by atoms with E-state index < -0.39 is 14.2 Å². The van der Waals surface area contributed by atoms with Gasteiger partial charge in [0.15, 0.2) is 0 Å². The number of carboxylic acid groups (broad SMARTS) is 1. The van der Waals surface area contributed by atoms with E-state index in [-0.39, 0.29) is 0 Å². The van der Waals surface area contributed by atoms with Crippen LogP contribution in [-0.4, -0.2) is 76.5 Å². The summed E-state index contributed by atoms with van der Waals surface area (Å²) in [5, 5.41) is 10.4. The van der Waals surface area contributed by atoms with Crippen LogP contribution < -0.4 is 4.90 Å². The minimum atomic E-state index is -1.16. The number of anilines is 1. The lowest BCUT2D eigenvalue weighted by molar-refractivity contribution is 0.0899. The topological polar surface area (TPSA) is 96.6 Å². The van der Waals surface area contributed by atoms with Gasteiger partial charge in [-0.25, -0.2) is 19.7 Å². The van der Waals surface area contributed by atoms with Gasteiger partial charge < -0.3 is 24.2 Å². The highest BCUT2D eigenvalue weighted by Gasteiger charge is 2.42. The maximum atomic E-state index is 11.4. The molecule has 0 bridgehead atoms. The van der Waals surface area contributed by atoms with Gasteiger partial charge in [0.2, 0.25) is 0 Å². The number of likely N-dealkylation sites (tertiary alicyclic amines) is 1. The van der Waals surface area contributed by atoms with E-state index in [2.05, 4.69) is 51.3 Å². The van der Waals surface area contributed by atoms with E-state index in [1.807, 2.05) is 18.6 Å². The van der Waals surface area contributed by atoms with Crippen LogP contribution in [0.15, 0.2) is 37.2 Å². The lowest BCUT2D eigenvalue weighted by atomic mass is 10.0. The zero-order valence-electron chi connectivity index (χ0n) is 20.0. The van der Waals surface area contributed by atoms with Gasteiger partial charge in [-0.2, -0.15) is 0 Å². The van der Waals surface area contributed by atoms with Crippen molar-refractivity contribution >= 4 is 30.9 Å². The average Bonchev–Trinajstić information content (AvgIpc) is 3.48. The van der Waals surface area contributed by atoms with Crippen LogP contribution in [0.4, 0.5) is 10.5 Å². The third-order valence-corrected chi connectivity index (χ3v) is 8.64. The number of carbonyl (C=O) groups is 1. The second-order valence-electron chi connectivity index (χ2n) is 10.6. The Bertz CT molecular complexity index is 1160. The fourth-order valence-electron chi connectivity index (χ4n) is 5.10. The van der Waals surface area contributed by atoms with Crippen LogP contribution >= 0.6 is 0 Å². The van der Waals surface area contributed by atoms with Crippen molar-refractivity contribution in [2.24, 2.45) is 11.8 Å². The number of fused-ring (bicyclic) bond motifs is 2. The van der Waals surface area contributed by atoms with E-state index in [4.69, 9.17) is 9.72 Å². The summed E-state index contributed by atoms with van der Waals surface area (Å²) in [6, 6.07) is 3.19. The van der Waals surface area contributed by atoms with Gasteiger partial charge >= 0.3 is 6.09 Å². The van der Waals surface area contributed by atoms with E-state index in [0.29, 0.717) is 31.7 Å². The molecule has 0 radical (unpaired) electrons. The van der Waals surface area contributed by atoms with E-state index in [9.17, 15) is 9.90 Å². The fraction of sp³-hybridized carbons (Fsp3) is 0.500. The lowest BCUT2D eigenvalue weighted by Gasteiger charge is -2.23. The quantitative estimate of drug-likeness (QED) is 0.405. The van der Waals surface area contributed by atoms with Crippen LogP contribution in [0.5, 0.6) is 0 Å². The van der Waals surface area contributed by atoms with E-state index in [0.717, 1.165) is 53.6 Å². The maximum absolute atomic E-state index is 11.4. The highest BCUT2D eigenvalue weighted by atomic mass is 28.3. The molecule has 0 spiro atoms. The molecule has 9 nitrogen and oxygen atoms in total. The fourth-order valence-corrected chi connectivity index (χ4v) is 5.86. The molecule has 2 aliphatic heterocycles. The average molecular weight is 481 g/mol. The molecule has 10 heteroatoms. The summed E-state index contributed by atoms with van der Waals surface area (Å²) in [6.07, 6.45) is 8.34. The Balaban J connectivity index is 1.46. The normalized spacial score (nSPS) is 20.3. The Morgan fingerprint density at radius 2 is 1.85 bits per heavy atom. The van der Waals surface area contributed by atoms with Crippen molar-refractivity contribution in [3.05, 3.63) is 37.2 Å². The molecule has 34 heavy (non-hydrogen) atoms. The third kappa shape index (κ3) is 4.52. The van der Waals surface area contributed by atoms with Crippen molar-refractivity contribution in [3.63, 3.8) is 0 Å². The molecular formula is C24H32N6O3Si. The minimum absolute atomic E-state index is 0.356. The predicted molar refractivity (Wildman–Crippen MR) is 134 cm³/mol. The third-order valence-electron chi connectivity index (χ3n) is 6.93. The van der Waals surface area contributed by atoms with Crippen molar-refractivity contribution < 1.29 is 14.6 Å². The molecular weight excluding hydrogens is 448 g/mol. The number of pyridine rings is 1. The van der Waals surface area contributed by atoms with Crippen LogP contribution in [0.3, 0.4) is 0 Å². The summed E-state index contributed by atoms with van der Waals surface area (Å²) < 4.78 is 8.14. The Morgan fingerprint density at radius 3 is 2.50 bits per heavy atom. The van der Waals surface area contributed by atoms with Crippen LogP contribution in [0, 0.1) is 11.8 Å². The van der Waals surface area contributed by atoms with Gasteiger partial charge in [-0.1, -0.05) is 19.6 Å². The van der Waals surface area contributed by atoms with Crippen LogP contribution in [-0.2, 0) is 11.5 Å². The molecule has 0 saturated carbocycles. The van der Waals surface area contributed by atoms with Crippen molar-refractivity contribution in [3.8, 4) is 11.1 Å². The van der Waals surface area contributed by atoms with E-state index in [1.165, 1.54) is 6.33 Å². The van der Waals surface area contributed by atoms with Crippen molar-refractivity contribution in [2.75, 3.05) is 37.7 Å². The molecule has 180 valence electrons. The van der Waals surface area contributed by atoms with E-state index >= 15 is 0 Å². The van der Waals surface area contributed by atoms with Crippen molar-refractivity contribution in [1.82, 2.24) is 24.4 Å². The molecule has 2 atom stereocenters. The second kappa shape index (κ2) is 8.99. The Labute approximate surface area is 200 Å². The molecule has 0 aromatic carbocycles. The Hall–Kier alpha value is -2.98. The van der Waals surface area contributed by atoms with Gasteiger partial charge in [0.25, 0.3) is 0 Å². The first kappa shape index (κ1) is 22.8. The number of amides is 1. The highest BCUT2D eigenvalue weighted by Crippen LogP contribution is 2.40. The molecule has 2 aliphatic rings. The van der Waals surface area contributed by atoms with Crippen LogP contribution in [0.2, 0.25) is 25.7 Å². The molecule has 1 amide bonds. The summed E-state index contributed by atoms with van der Waals surface area (Å²) in [7, 11) is -1.16. The van der Waals surface area contributed by atoms with Gasteiger partial charge in [0.1, 0.15) is 18.7 Å². The summed E-state index contributed by atoms with van der Waals surface area (Å²) in [6.45, 7) is 11.1. The summed E-state index contributed by atoms with van der Waals surface area (Å²) in [5.41, 5.74) is 3.99. The number of aromatic nitrogens is 4. The minimum Gasteiger partial charge on any atom is -0.465 e. The van der Waals surface area contributed by atoms with Gasteiger partial charge in [0, 0.05) is 94.3 Å². The van der Waals surface area contributed by atoms with Crippen LogP contribution in [0.1, 0.15) is 0 Å². The molecule has 5 rings (SSSR count). The Kier molecular flexibility index (Phi) is 6.03. The van der Waals surface area contributed by atoms with Gasteiger partial charge in [-0.3, -0.25) is 0 Å². The first-order chi connectivity index (χ1) is 16.3. The van der Waals surface area contributed by atoms with Crippen LogP contribution in [0.25, 0.3) is 22.2 Å². The molecule has 2 fully saturated rings. The number of hydrogen-bond acceptors (Lipinski definition) is 6. The van der Waals surface area contributed by atoms with Gasteiger partial charge in [0.05, 0.1) is 5.39 Å². The summed E-state index contributed by atoms with van der Waals surface area (Å²) in [4.78, 5) is 28.6. The zero-order chi connectivity index (χ0) is 23.9. The molecule has 3 aromatic rings. The van der Waals surface area contributed by atoms with Gasteiger partial charge in [-0.05, 0) is 12.1 Å². The maximum Gasteiger partial charge on any atom is 0.407 e. The molecule has 2 unspecified atom stereocenters. The smallest absolute Gasteiger partial charge is 0.407 e. The summed E-state index contributed by atoms with van der Waals surface area (Å²) >= 11 is 0. The summed E-state index contributed by atoms with van der Waals surface area (Å²) in [5.74, 6) is 0.713. The second-order valence-corrected chi connectivity index (χ2v) is 16.3. The standard InChI is InChI=1S/C24H32N6O3Si/c1-34(2,3)7-6-33-16-30-14-20(17-8-25-15-26-9-17)22-21(4-5-27-23(22)30)28-10-18-12-29(24(31)32)13-19(18)11-28/h4-5,8-9,14-15,18-19H,6-7,10-13,16H2,1-3H3,(H,31,32). The molecule has 3 aromatic heterocycles. The first-order valence-corrected chi connectivity index (χ1v) is 15.5. The molecule has 1 N–H and O–H groups in total.